The highest BCUT2D eigenvalue weighted by molar-refractivity contribution is 9.10. The molecular formula is C14H9BrN2S. The van der Waals surface area contributed by atoms with Gasteiger partial charge in [0.2, 0.25) is 5.13 Å². The molecule has 0 N–H and O–H groups in total. The molecule has 3 rings (SSSR count). The smallest absolute Gasteiger partial charge is 0.210 e. The van der Waals surface area contributed by atoms with Crippen molar-refractivity contribution in [2.24, 2.45) is 4.99 Å². The minimum Gasteiger partial charge on any atom is -0.227 e. The number of aliphatic imine (C=N–C) groups is 1. The second-order valence-corrected chi connectivity index (χ2v) is 5.70. The number of thiazole rings is 1. The molecule has 0 spiro atoms. The van der Waals surface area contributed by atoms with E-state index >= 15 is 0 Å². The van der Waals surface area contributed by atoms with Gasteiger partial charge in [-0.1, -0.05) is 51.5 Å². The highest BCUT2D eigenvalue weighted by Crippen LogP contribution is 2.27. The number of fused-ring (bicyclic) bond motifs is 1. The summed E-state index contributed by atoms with van der Waals surface area (Å²) in [4.78, 5) is 8.88. The largest absolute Gasteiger partial charge is 0.227 e. The molecule has 1 heterocycles. The average Bonchev–Trinajstić information content (AvgIpc) is 2.79. The quantitative estimate of drug-likeness (QED) is 0.623. The van der Waals surface area contributed by atoms with E-state index in [4.69, 9.17) is 0 Å². The van der Waals surface area contributed by atoms with Crippen molar-refractivity contribution in [2.45, 2.75) is 0 Å². The Labute approximate surface area is 117 Å². The van der Waals surface area contributed by atoms with Crippen molar-refractivity contribution < 1.29 is 0 Å². The lowest BCUT2D eigenvalue weighted by Crippen LogP contribution is -1.78. The van der Waals surface area contributed by atoms with E-state index in [-0.39, 0.29) is 0 Å². The summed E-state index contributed by atoms with van der Waals surface area (Å²) in [6.07, 6.45) is 1.84. The van der Waals surface area contributed by atoms with Crippen LogP contribution in [-0.4, -0.2) is 11.2 Å². The van der Waals surface area contributed by atoms with E-state index in [0.29, 0.717) is 0 Å². The number of rotatable bonds is 2. The van der Waals surface area contributed by atoms with Crippen molar-refractivity contribution in [3.05, 3.63) is 58.6 Å². The molecule has 0 bridgehead atoms. The summed E-state index contributed by atoms with van der Waals surface area (Å²) in [5.74, 6) is 0. The molecular weight excluding hydrogens is 308 g/mol. The van der Waals surface area contributed by atoms with Gasteiger partial charge in [0.05, 0.1) is 10.2 Å². The van der Waals surface area contributed by atoms with Crippen LogP contribution >= 0.6 is 27.3 Å². The van der Waals surface area contributed by atoms with Crippen molar-refractivity contribution in [3.63, 3.8) is 0 Å². The van der Waals surface area contributed by atoms with Gasteiger partial charge in [-0.05, 0) is 29.8 Å². The number of benzene rings is 2. The van der Waals surface area contributed by atoms with Crippen LogP contribution in [0.2, 0.25) is 0 Å². The van der Waals surface area contributed by atoms with Gasteiger partial charge in [0.25, 0.3) is 0 Å². The van der Waals surface area contributed by atoms with E-state index in [1.54, 1.807) is 11.3 Å². The first kappa shape index (κ1) is 11.6. The second-order valence-electron chi connectivity index (χ2n) is 3.78. The SMILES string of the molecule is Brc1cccc(/C=N/c2nc3ccccc3s2)c1. The fraction of sp³-hybridized carbons (Fsp3) is 0. The van der Waals surface area contributed by atoms with Crippen LogP contribution in [0.3, 0.4) is 0 Å². The Morgan fingerprint density at radius 2 is 2.00 bits per heavy atom. The molecule has 0 fully saturated rings. The van der Waals surface area contributed by atoms with Crippen molar-refractivity contribution >= 4 is 48.8 Å². The Morgan fingerprint density at radius 1 is 1.11 bits per heavy atom. The lowest BCUT2D eigenvalue weighted by Gasteiger charge is -1.92. The van der Waals surface area contributed by atoms with Crippen LogP contribution in [0.25, 0.3) is 10.2 Å². The van der Waals surface area contributed by atoms with Gasteiger partial charge in [0.15, 0.2) is 0 Å². The maximum atomic E-state index is 4.46. The molecule has 0 aliphatic heterocycles. The van der Waals surface area contributed by atoms with Gasteiger partial charge in [0, 0.05) is 10.7 Å². The van der Waals surface area contributed by atoms with Crippen LogP contribution in [0.1, 0.15) is 5.56 Å². The summed E-state index contributed by atoms with van der Waals surface area (Å²) in [5.41, 5.74) is 2.06. The predicted octanol–water partition coefficient (Wildman–Crippen LogP) is 4.81. The maximum absolute atomic E-state index is 4.46. The summed E-state index contributed by atoms with van der Waals surface area (Å²) in [7, 11) is 0. The van der Waals surface area contributed by atoms with Crippen LogP contribution in [0, 0.1) is 0 Å². The Kier molecular flexibility index (Phi) is 3.21. The van der Waals surface area contributed by atoms with Gasteiger partial charge >= 0.3 is 0 Å². The normalized spacial score (nSPS) is 11.4. The van der Waals surface area contributed by atoms with Crippen molar-refractivity contribution in [1.29, 1.82) is 0 Å². The summed E-state index contributed by atoms with van der Waals surface area (Å²) in [5, 5.41) is 0.788. The zero-order valence-electron chi connectivity index (χ0n) is 9.38. The molecule has 0 unspecified atom stereocenters. The first-order valence-electron chi connectivity index (χ1n) is 5.46. The third-order valence-corrected chi connectivity index (χ3v) is 3.89. The molecule has 2 aromatic carbocycles. The number of halogens is 1. The van der Waals surface area contributed by atoms with Gasteiger partial charge in [-0.25, -0.2) is 9.98 Å². The molecule has 0 aliphatic carbocycles. The molecule has 1 aromatic heterocycles. The monoisotopic (exact) mass is 316 g/mol. The van der Waals surface area contributed by atoms with E-state index in [1.165, 1.54) is 4.70 Å². The van der Waals surface area contributed by atoms with Crippen LogP contribution < -0.4 is 0 Å². The molecule has 0 radical (unpaired) electrons. The number of hydrogen-bond donors (Lipinski definition) is 0. The van der Waals surface area contributed by atoms with E-state index in [0.717, 1.165) is 20.7 Å². The average molecular weight is 317 g/mol. The van der Waals surface area contributed by atoms with Crippen molar-refractivity contribution in [2.75, 3.05) is 0 Å². The molecule has 4 heteroatoms. The first-order chi connectivity index (χ1) is 8.81. The molecule has 0 saturated carbocycles. The molecule has 18 heavy (non-hydrogen) atoms. The van der Waals surface area contributed by atoms with E-state index in [1.807, 2.05) is 48.7 Å². The standard InChI is InChI=1S/C14H9BrN2S/c15-11-5-3-4-10(8-11)9-16-14-17-12-6-1-2-7-13(12)18-14/h1-9H/b16-9+. The Hall–Kier alpha value is -1.52. The number of nitrogens with zero attached hydrogens (tertiary/aromatic N) is 2. The lowest BCUT2D eigenvalue weighted by atomic mass is 10.2. The van der Waals surface area contributed by atoms with Crippen LogP contribution in [0.5, 0.6) is 0 Å². The number of para-hydroxylation sites is 1. The summed E-state index contributed by atoms with van der Waals surface area (Å²) >= 11 is 5.04. The van der Waals surface area contributed by atoms with E-state index in [2.05, 4.69) is 32.0 Å². The molecule has 3 aromatic rings. The summed E-state index contributed by atoms with van der Waals surface area (Å²) < 4.78 is 2.22. The van der Waals surface area contributed by atoms with Crippen molar-refractivity contribution in [3.8, 4) is 0 Å². The van der Waals surface area contributed by atoms with Crippen molar-refractivity contribution in [1.82, 2.24) is 4.98 Å². The zero-order valence-corrected chi connectivity index (χ0v) is 11.8. The van der Waals surface area contributed by atoms with Crippen LogP contribution in [0.4, 0.5) is 5.13 Å². The van der Waals surface area contributed by atoms with E-state index < -0.39 is 0 Å². The lowest BCUT2D eigenvalue weighted by molar-refractivity contribution is 1.41. The topological polar surface area (TPSA) is 25.2 Å². The number of aromatic nitrogens is 1. The van der Waals surface area contributed by atoms with Gasteiger partial charge in [-0.15, -0.1) is 0 Å². The maximum Gasteiger partial charge on any atom is 0.210 e. The fourth-order valence-electron chi connectivity index (χ4n) is 1.63. The minimum absolute atomic E-state index is 0.788. The minimum atomic E-state index is 0.788. The molecule has 88 valence electrons. The van der Waals surface area contributed by atoms with Gasteiger partial charge < -0.3 is 0 Å². The van der Waals surface area contributed by atoms with Gasteiger partial charge in [-0.3, -0.25) is 0 Å². The zero-order chi connectivity index (χ0) is 12.4. The third-order valence-electron chi connectivity index (χ3n) is 2.46. The second kappa shape index (κ2) is 5.00. The highest BCUT2D eigenvalue weighted by atomic mass is 79.9. The first-order valence-corrected chi connectivity index (χ1v) is 7.07. The third kappa shape index (κ3) is 2.49. The Balaban J connectivity index is 1.92. The predicted molar refractivity (Wildman–Crippen MR) is 81.0 cm³/mol. The Morgan fingerprint density at radius 3 is 2.83 bits per heavy atom. The van der Waals surface area contributed by atoms with E-state index in [9.17, 15) is 0 Å². The van der Waals surface area contributed by atoms with Crippen LogP contribution in [-0.2, 0) is 0 Å². The number of hydrogen-bond acceptors (Lipinski definition) is 3. The summed E-state index contributed by atoms with van der Waals surface area (Å²) in [6.45, 7) is 0. The molecule has 0 atom stereocenters. The highest BCUT2D eigenvalue weighted by Gasteiger charge is 2.00. The summed E-state index contributed by atoms with van der Waals surface area (Å²) in [6, 6.07) is 16.1. The van der Waals surface area contributed by atoms with Gasteiger partial charge in [-0.2, -0.15) is 0 Å². The van der Waals surface area contributed by atoms with Gasteiger partial charge in [0.1, 0.15) is 0 Å². The molecule has 0 aliphatic rings. The molecule has 2 nitrogen and oxygen atoms in total. The fourth-order valence-corrected chi connectivity index (χ4v) is 2.86. The Bertz CT molecular complexity index is 685. The van der Waals surface area contributed by atoms with Crippen LogP contribution in [0.15, 0.2) is 58.0 Å². The molecule has 0 saturated heterocycles. The molecule has 0 amide bonds.